The topological polar surface area (TPSA) is 37.3 Å². The molecule has 0 saturated carbocycles. The minimum Gasteiger partial charge on any atom is -0.481 e. The lowest BCUT2D eigenvalue weighted by atomic mass is 10.2. The molecule has 0 aliphatic rings. The number of hydrogen-bond donors (Lipinski definition) is 1. The van der Waals surface area contributed by atoms with E-state index >= 15 is 0 Å². The molecule has 0 aliphatic carbocycles. The third kappa shape index (κ3) is 8.77. The van der Waals surface area contributed by atoms with Crippen molar-refractivity contribution in [1.82, 2.24) is 0 Å². The maximum Gasteiger partial charge on any atom is 0.303 e. The van der Waals surface area contributed by atoms with Gasteiger partial charge in [-0.25, -0.2) is 0 Å². The van der Waals surface area contributed by atoms with Crippen LogP contribution in [0.4, 0.5) is 0 Å². The maximum absolute atomic E-state index is 10.0. The Bertz CT molecular complexity index is 183. The Morgan fingerprint density at radius 2 is 2.27 bits per heavy atom. The van der Waals surface area contributed by atoms with Crippen molar-refractivity contribution in [2.24, 2.45) is 0 Å². The molecule has 0 rings (SSSR count). The van der Waals surface area contributed by atoms with Gasteiger partial charge in [-0.3, -0.25) is 4.79 Å². The van der Waals surface area contributed by atoms with Gasteiger partial charge in [0.2, 0.25) is 0 Å². The van der Waals surface area contributed by atoms with Gasteiger partial charge >= 0.3 is 5.97 Å². The highest BCUT2D eigenvalue weighted by molar-refractivity contribution is 5.66. The monoisotopic (exact) mass is 152 g/mol. The fourth-order valence-electron chi connectivity index (χ4n) is 0.561. The number of carboxylic acids is 1. The van der Waals surface area contributed by atoms with E-state index in [4.69, 9.17) is 5.11 Å². The molecule has 0 aromatic carbocycles. The van der Waals surface area contributed by atoms with Crippen LogP contribution in [0.15, 0.2) is 12.7 Å². The smallest absolute Gasteiger partial charge is 0.303 e. The van der Waals surface area contributed by atoms with Gasteiger partial charge in [0, 0.05) is 19.3 Å². The number of rotatable bonds is 4. The molecular formula is C9H12O2. The molecule has 2 nitrogen and oxygen atoms in total. The van der Waals surface area contributed by atoms with Crippen LogP contribution in [0.3, 0.4) is 0 Å². The summed E-state index contributed by atoms with van der Waals surface area (Å²) in [5.74, 6) is 4.95. The van der Waals surface area contributed by atoms with E-state index in [0.717, 1.165) is 0 Å². The summed E-state index contributed by atoms with van der Waals surface area (Å²) in [7, 11) is 0. The second kappa shape index (κ2) is 6.88. The fourth-order valence-corrected chi connectivity index (χ4v) is 0.561. The maximum atomic E-state index is 10.0. The Morgan fingerprint density at radius 1 is 1.55 bits per heavy atom. The first-order valence-electron chi connectivity index (χ1n) is 3.55. The minimum atomic E-state index is -0.754. The molecular weight excluding hydrogens is 140 g/mol. The highest BCUT2D eigenvalue weighted by Gasteiger charge is 1.92. The van der Waals surface area contributed by atoms with E-state index in [2.05, 4.69) is 18.4 Å². The Hall–Kier alpha value is -1.23. The average molecular weight is 152 g/mol. The molecule has 0 saturated heterocycles. The van der Waals surface area contributed by atoms with Crippen molar-refractivity contribution >= 4 is 5.97 Å². The Kier molecular flexibility index (Phi) is 6.11. The van der Waals surface area contributed by atoms with Crippen molar-refractivity contribution in [3.63, 3.8) is 0 Å². The highest BCUT2D eigenvalue weighted by atomic mass is 16.4. The lowest BCUT2D eigenvalue weighted by Gasteiger charge is -1.86. The SMILES string of the molecule is C=CCC#CCCCC(=O)O. The quantitative estimate of drug-likeness (QED) is 0.379. The molecule has 2 heteroatoms. The first kappa shape index (κ1) is 9.77. The Morgan fingerprint density at radius 3 is 2.82 bits per heavy atom. The summed E-state index contributed by atoms with van der Waals surface area (Å²) in [5.41, 5.74) is 0. The van der Waals surface area contributed by atoms with Gasteiger partial charge in [-0.1, -0.05) is 12.0 Å². The predicted octanol–water partition coefficient (Wildman–Crippen LogP) is 1.82. The Labute approximate surface area is 66.9 Å². The normalized spacial score (nSPS) is 8.00. The van der Waals surface area contributed by atoms with Crippen LogP contribution < -0.4 is 0 Å². The van der Waals surface area contributed by atoms with E-state index in [1.807, 2.05) is 0 Å². The van der Waals surface area contributed by atoms with Crippen LogP contribution in [-0.4, -0.2) is 11.1 Å². The molecule has 0 spiro atoms. The van der Waals surface area contributed by atoms with Crippen LogP contribution in [0, 0.1) is 11.8 Å². The highest BCUT2D eigenvalue weighted by Crippen LogP contribution is 1.92. The van der Waals surface area contributed by atoms with Crippen molar-refractivity contribution in [3.8, 4) is 11.8 Å². The van der Waals surface area contributed by atoms with Crippen LogP contribution in [0.1, 0.15) is 25.7 Å². The van der Waals surface area contributed by atoms with E-state index in [-0.39, 0.29) is 6.42 Å². The van der Waals surface area contributed by atoms with Gasteiger partial charge in [0.05, 0.1) is 0 Å². The first-order valence-corrected chi connectivity index (χ1v) is 3.55. The molecule has 0 radical (unpaired) electrons. The molecule has 0 heterocycles. The van der Waals surface area contributed by atoms with Crippen LogP contribution in [0.5, 0.6) is 0 Å². The summed E-state index contributed by atoms with van der Waals surface area (Å²) < 4.78 is 0. The third-order valence-corrected chi connectivity index (χ3v) is 1.06. The lowest BCUT2D eigenvalue weighted by molar-refractivity contribution is -0.137. The molecule has 1 N–H and O–H groups in total. The summed E-state index contributed by atoms with van der Waals surface area (Å²) in [6.45, 7) is 3.51. The average Bonchev–Trinajstić information content (AvgIpc) is 1.96. The zero-order valence-electron chi connectivity index (χ0n) is 6.47. The van der Waals surface area contributed by atoms with E-state index in [0.29, 0.717) is 19.3 Å². The van der Waals surface area contributed by atoms with Crippen LogP contribution in [-0.2, 0) is 4.79 Å². The molecule has 0 fully saturated rings. The van der Waals surface area contributed by atoms with Gasteiger partial charge in [-0.05, 0) is 6.42 Å². The van der Waals surface area contributed by atoms with Gasteiger partial charge in [0.25, 0.3) is 0 Å². The van der Waals surface area contributed by atoms with Gasteiger partial charge in [-0.2, -0.15) is 0 Å². The zero-order chi connectivity index (χ0) is 8.53. The van der Waals surface area contributed by atoms with E-state index in [9.17, 15) is 4.79 Å². The number of unbranched alkanes of at least 4 members (excludes halogenated alkanes) is 1. The van der Waals surface area contributed by atoms with Crippen molar-refractivity contribution in [1.29, 1.82) is 0 Å². The summed E-state index contributed by atoms with van der Waals surface area (Å²) >= 11 is 0. The van der Waals surface area contributed by atoms with Gasteiger partial charge in [0.15, 0.2) is 0 Å². The molecule has 0 atom stereocenters. The molecule has 0 unspecified atom stereocenters. The molecule has 60 valence electrons. The van der Waals surface area contributed by atoms with Crippen molar-refractivity contribution in [3.05, 3.63) is 12.7 Å². The number of carboxylic acid groups (broad SMARTS) is 1. The lowest BCUT2D eigenvalue weighted by Crippen LogP contribution is -1.92. The zero-order valence-corrected chi connectivity index (χ0v) is 6.47. The molecule has 0 aromatic heterocycles. The van der Waals surface area contributed by atoms with Crippen LogP contribution in [0.25, 0.3) is 0 Å². The predicted molar refractivity (Wildman–Crippen MR) is 44.1 cm³/mol. The standard InChI is InChI=1S/C9H12O2/c1-2-3-4-5-6-7-8-9(10)11/h2H,1,3,6-8H2,(H,10,11). The second-order valence-electron chi connectivity index (χ2n) is 2.09. The summed E-state index contributed by atoms with van der Waals surface area (Å²) in [6.07, 6.45) is 3.93. The van der Waals surface area contributed by atoms with Gasteiger partial charge < -0.3 is 5.11 Å². The largest absolute Gasteiger partial charge is 0.481 e. The molecule has 11 heavy (non-hydrogen) atoms. The van der Waals surface area contributed by atoms with Crippen molar-refractivity contribution in [2.45, 2.75) is 25.7 Å². The summed E-state index contributed by atoms with van der Waals surface area (Å²) in [6, 6.07) is 0. The molecule has 0 aromatic rings. The number of hydrogen-bond acceptors (Lipinski definition) is 1. The minimum absolute atomic E-state index is 0.211. The molecule has 0 bridgehead atoms. The number of carbonyl (C=O) groups is 1. The van der Waals surface area contributed by atoms with E-state index in [1.165, 1.54) is 0 Å². The molecule has 0 aliphatic heterocycles. The summed E-state index contributed by atoms with van der Waals surface area (Å²) in [5, 5.41) is 8.25. The number of allylic oxidation sites excluding steroid dienone is 1. The van der Waals surface area contributed by atoms with Crippen molar-refractivity contribution in [2.75, 3.05) is 0 Å². The van der Waals surface area contributed by atoms with Gasteiger partial charge in [0.1, 0.15) is 0 Å². The summed E-state index contributed by atoms with van der Waals surface area (Å²) in [4.78, 5) is 10.0. The second-order valence-corrected chi connectivity index (χ2v) is 2.09. The fraction of sp³-hybridized carbons (Fsp3) is 0.444. The van der Waals surface area contributed by atoms with Crippen LogP contribution in [0.2, 0.25) is 0 Å². The van der Waals surface area contributed by atoms with E-state index in [1.54, 1.807) is 6.08 Å². The third-order valence-electron chi connectivity index (χ3n) is 1.06. The number of aliphatic carboxylic acids is 1. The van der Waals surface area contributed by atoms with Crippen molar-refractivity contribution < 1.29 is 9.90 Å². The van der Waals surface area contributed by atoms with Gasteiger partial charge in [-0.15, -0.1) is 12.5 Å². The van der Waals surface area contributed by atoms with E-state index < -0.39 is 5.97 Å². The van der Waals surface area contributed by atoms with Crippen LogP contribution >= 0.6 is 0 Å². The Balaban J connectivity index is 3.21. The first-order chi connectivity index (χ1) is 5.27. The molecule has 0 amide bonds.